The molecule has 0 aromatic heterocycles. The van der Waals surface area contributed by atoms with Gasteiger partial charge in [-0.1, -0.05) is 36.4 Å². The number of nitrogens with one attached hydrogen (secondary N) is 1. The normalized spacial score (nSPS) is 13.7. The highest BCUT2D eigenvalue weighted by molar-refractivity contribution is 6.46. The lowest BCUT2D eigenvalue weighted by Crippen LogP contribution is -2.32. The first-order valence-corrected chi connectivity index (χ1v) is 11.1. The maximum atomic E-state index is 13.7. The van der Waals surface area contributed by atoms with Gasteiger partial charge in [-0.3, -0.25) is 9.59 Å². The summed E-state index contributed by atoms with van der Waals surface area (Å²) >= 11 is 0. The fraction of sp³-hybridized carbons (Fsp3) is 0.214. The summed E-state index contributed by atoms with van der Waals surface area (Å²) in [5.41, 5.74) is 6.96. The topological polar surface area (TPSA) is 58.6 Å². The van der Waals surface area contributed by atoms with Crippen molar-refractivity contribution in [1.29, 1.82) is 0 Å². The highest BCUT2D eigenvalue weighted by Gasteiger charge is 2.41. The highest BCUT2D eigenvalue weighted by Crippen LogP contribution is 2.38. The molecule has 0 fully saturated rings. The molecule has 0 radical (unpaired) electrons. The average Bonchev–Trinajstić information content (AvgIpc) is 3.03. The first-order chi connectivity index (χ1) is 15.8. The van der Waals surface area contributed by atoms with Gasteiger partial charge in [-0.25, -0.2) is 4.90 Å². The van der Waals surface area contributed by atoms with Crippen molar-refractivity contribution in [2.24, 2.45) is 0 Å². The predicted octanol–water partition coefficient (Wildman–Crippen LogP) is 5.72. The molecule has 1 aliphatic heterocycles. The highest BCUT2D eigenvalue weighted by atomic mass is 16.5. The van der Waals surface area contributed by atoms with E-state index in [1.807, 2.05) is 77.1 Å². The van der Waals surface area contributed by atoms with Crippen molar-refractivity contribution in [3.63, 3.8) is 0 Å². The Hall–Kier alpha value is -3.86. The number of para-hydroxylation sites is 2. The Bertz CT molecular complexity index is 1290. The molecule has 0 atom stereocenters. The minimum Gasteiger partial charge on any atom is -0.492 e. The van der Waals surface area contributed by atoms with Crippen LogP contribution < -0.4 is 15.0 Å². The van der Waals surface area contributed by atoms with E-state index in [1.54, 1.807) is 18.2 Å². The number of benzene rings is 3. The Balaban J connectivity index is 1.86. The van der Waals surface area contributed by atoms with Crippen LogP contribution in [-0.2, 0) is 9.59 Å². The number of amides is 2. The minimum absolute atomic E-state index is 0.262. The molecule has 0 saturated carbocycles. The molecule has 3 aromatic rings. The number of imide groups is 1. The second kappa shape index (κ2) is 8.94. The van der Waals surface area contributed by atoms with Gasteiger partial charge in [0.1, 0.15) is 11.4 Å². The van der Waals surface area contributed by atoms with Gasteiger partial charge in [0.05, 0.1) is 17.9 Å². The van der Waals surface area contributed by atoms with E-state index in [0.29, 0.717) is 29.2 Å². The molecule has 1 aliphatic rings. The number of ether oxygens (including phenoxy) is 1. The molecule has 4 rings (SSSR count). The van der Waals surface area contributed by atoms with Crippen molar-refractivity contribution in [1.82, 2.24) is 0 Å². The summed E-state index contributed by atoms with van der Waals surface area (Å²) in [5, 5.41) is 3.25. The summed E-state index contributed by atoms with van der Waals surface area (Å²) in [7, 11) is 0. The van der Waals surface area contributed by atoms with Crippen molar-refractivity contribution >= 4 is 28.8 Å². The monoisotopic (exact) mass is 440 g/mol. The second-order valence-electron chi connectivity index (χ2n) is 8.32. The van der Waals surface area contributed by atoms with Gasteiger partial charge in [0, 0.05) is 5.69 Å². The van der Waals surface area contributed by atoms with E-state index in [-0.39, 0.29) is 11.6 Å². The summed E-state index contributed by atoms with van der Waals surface area (Å²) in [4.78, 5) is 28.6. The second-order valence-corrected chi connectivity index (χ2v) is 8.32. The van der Waals surface area contributed by atoms with E-state index in [4.69, 9.17) is 4.74 Å². The fourth-order valence-corrected chi connectivity index (χ4v) is 3.91. The standard InChI is InChI=1S/C28H28N2O3/c1-6-33-24-10-8-7-9-23(24)30-27(31)25(21-13-11-17(2)19(4)15-21)26(28(30)32)29-22-14-12-18(3)20(5)16-22/h7-16,29H,6H2,1-5H3. The van der Waals surface area contributed by atoms with Crippen molar-refractivity contribution in [2.75, 3.05) is 16.8 Å². The Morgan fingerprint density at radius 1 is 0.788 bits per heavy atom. The van der Waals surface area contributed by atoms with Crippen LogP contribution >= 0.6 is 0 Å². The Morgan fingerprint density at radius 3 is 2.12 bits per heavy atom. The van der Waals surface area contributed by atoms with Gasteiger partial charge in [0.2, 0.25) is 0 Å². The van der Waals surface area contributed by atoms with E-state index in [1.165, 1.54) is 4.90 Å². The van der Waals surface area contributed by atoms with Crippen LogP contribution in [0.3, 0.4) is 0 Å². The van der Waals surface area contributed by atoms with Crippen LogP contribution in [0.5, 0.6) is 5.75 Å². The predicted molar refractivity (Wildman–Crippen MR) is 132 cm³/mol. The summed E-state index contributed by atoms with van der Waals surface area (Å²) in [6, 6.07) is 18.8. The Labute approximate surface area is 194 Å². The molecule has 1 heterocycles. The zero-order chi connectivity index (χ0) is 23.7. The van der Waals surface area contributed by atoms with Gasteiger partial charge in [-0.15, -0.1) is 0 Å². The molecule has 0 spiro atoms. The van der Waals surface area contributed by atoms with Gasteiger partial charge in [-0.2, -0.15) is 0 Å². The molecule has 0 bridgehead atoms. The molecule has 33 heavy (non-hydrogen) atoms. The number of carbonyl (C=O) groups excluding carboxylic acids is 2. The maximum Gasteiger partial charge on any atom is 0.282 e. The van der Waals surface area contributed by atoms with Crippen molar-refractivity contribution < 1.29 is 14.3 Å². The van der Waals surface area contributed by atoms with Crippen LogP contribution in [0, 0.1) is 27.7 Å². The Morgan fingerprint density at radius 2 is 1.45 bits per heavy atom. The zero-order valence-electron chi connectivity index (χ0n) is 19.7. The lowest BCUT2D eigenvalue weighted by atomic mass is 9.99. The molecule has 5 heteroatoms. The SMILES string of the molecule is CCOc1ccccc1N1C(=O)C(Nc2ccc(C)c(C)c2)=C(c2ccc(C)c(C)c2)C1=O. The fourth-order valence-electron chi connectivity index (χ4n) is 3.91. The van der Waals surface area contributed by atoms with E-state index < -0.39 is 5.91 Å². The summed E-state index contributed by atoms with van der Waals surface area (Å²) in [6.45, 7) is 10.4. The molecule has 5 nitrogen and oxygen atoms in total. The van der Waals surface area contributed by atoms with E-state index in [2.05, 4.69) is 5.32 Å². The van der Waals surface area contributed by atoms with Gasteiger partial charge in [-0.05, 0) is 86.7 Å². The van der Waals surface area contributed by atoms with Crippen LogP contribution in [0.2, 0.25) is 0 Å². The van der Waals surface area contributed by atoms with Crippen LogP contribution in [0.25, 0.3) is 5.57 Å². The number of hydrogen-bond acceptors (Lipinski definition) is 4. The van der Waals surface area contributed by atoms with Gasteiger partial charge in [0.15, 0.2) is 0 Å². The molecule has 0 unspecified atom stereocenters. The molecular weight excluding hydrogens is 412 g/mol. The number of hydrogen-bond donors (Lipinski definition) is 1. The van der Waals surface area contributed by atoms with E-state index in [9.17, 15) is 9.59 Å². The van der Waals surface area contributed by atoms with E-state index in [0.717, 1.165) is 27.9 Å². The van der Waals surface area contributed by atoms with Crippen molar-refractivity contribution in [2.45, 2.75) is 34.6 Å². The third-order valence-corrected chi connectivity index (χ3v) is 6.06. The summed E-state index contributed by atoms with van der Waals surface area (Å²) in [6.07, 6.45) is 0. The lowest BCUT2D eigenvalue weighted by Gasteiger charge is -2.19. The van der Waals surface area contributed by atoms with Crippen molar-refractivity contribution in [3.05, 3.63) is 94.2 Å². The van der Waals surface area contributed by atoms with Gasteiger partial charge >= 0.3 is 0 Å². The van der Waals surface area contributed by atoms with E-state index >= 15 is 0 Å². The maximum absolute atomic E-state index is 13.7. The van der Waals surface area contributed by atoms with Crippen molar-refractivity contribution in [3.8, 4) is 5.75 Å². The zero-order valence-corrected chi connectivity index (χ0v) is 19.7. The number of aryl methyl sites for hydroxylation is 4. The molecule has 0 aliphatic carbocycles. The van der Waals surface area contributed by atoms with Crippen LogP contribution in [0.4, 0.5) is 11.4 Å². The summed E-state index contributed by atoms with van der Waals surface area (Å²) in [5.74, 6) is -0.283. The Kier molecular flexibility index (Phi) is 6.05. The largest absolute Gasteiger partial charge is 0.492 e. The first-order valence-electron chi connectivity index (χ1n) is 11.1. The molecule has 3 aromatic carbocycles. The number of anilines is 2. The summed E-state index contributed by atoms with van der Waals surface area (Å²) < 4.78 is 5.72. The number of rotatable bonds is 6. The smallest absolute Gasteiger partial charge is 0.282 e. The number of nitrogens with zero attached hydrogens (tertiary/aromatic N) is 1. The number of carbonyl (C=O) groups is 2. The molecule has 168 valence electrons. The quantitative estimate of drug-likeness (QED) is 0.499. The first kappa shape index (κ1) is 22.3. The third kappa shape index (κ3) is 4.14. The average molecular weight is 441 g/mol. The molecule has 0 saturated heterocycles. The molecular formula is C28H28N2O3. The van der Waals surface area contributed by atoms with Crippen LogP contribution in [-0.4, -0.2) is 18.4 Å². The third-order valence-electron chi connectivity index (χ3n) is 6.06. The molecule has 2 amide bonds. The van der Waals surface area contributed by atoms with Gasteiger partial charge < -0.3 is 10.1 Å². The van der Waals surface area contributed by atoms with Crippen LogP contribution in [0.1, 0.15) is 34.7 Å². The van der Waals surface area contributed by atoms with Crippen LogP contribution in [0.15, 0.2) is 66.4 Å². The minimum atomic E-state index is -0.404. The lowest BCUT2D eigenvalue weighted by molar-refractivity contribution is -0.120. The van der Waals surface area contributed by atoms with Gasteiger partial charge in [0.25, 0.3) is 11.8 Å². The molecule has 1 N–H and O–H groups in total.